The van der Waals surface area contributed by atoms with Crippen LogP contribution in [-0.2, 0) is 20.1 Å². The van der Waals surface area contributed by atoms with Crippen molar-refractivity contribution in [3.05, 3.63) is 126 Å². The predicted molar refractivity (Wildman–Crippen MR) is 125 cm³/mol. The molecule has 183 valence electrons. The summed E-state index contributed by atoms with van der Waals surface area (Å²) in [5.74, 6) is -6.90. The Morgan fingerprint density at radius 1 is 0.694 bits per heavy atom. The number of rotatable bonds is 3. The largest absolute Gasteiger partial charge is 0.305 e. The van der Waals surface area contributed by atoms with Crippen LogP contribution in [-0.4, -0.2) is 15.0 Å². The molecule has 0 bridgehead atoms. The Morgan fingerprint density at radius 3 is 1.94 bits per heavy atom. The van der Waals surface area contributed by atoms with E-state index in [1.165, 1.54) is 12.3 Å². The topological polar surface area (TPSA) is 38.7 Å². The number of nitrogens with zero attached hydrogens (tertiary/aromatic N) is 3. The third-order valence-corrected chi connectivity index (χ3v) is 4.99. The van der Waals surface area contributed by atoms with Crippen molar-refractivity contribution in [2.45, 2.75) is 6.92 Å². The first kappa shape index (κ1) is 26.9. The molecule has 0 amide bonds. The molecule has 36 heavy (non-hydrogen) atoms. The summed E-state index contributed by atoms with van der Waals surface area (Å²) in [6, 6.07) is 25.4. The van der Waals surface area contributed by atoms with Crippen molar-refractivity contribution in [3.8, 4) is 33.8 Å². The Hall–Kier alpha value is -3.74. The van der Waals surface area contributed by atoms with Crippen molar-refractivity contribution in [1.29, 1.82) is 0 Å². The summed E-state index contributed by atoms with van der Waals surface area (Å²) in [4.78, 5) is 12.4. The minimum Gasteiger partial charge on any atom is -0.305 e. The number of aryl methyl sites for hydroxylation is 1. The molecule has 0 atom stereocenters. The van der Waals surface area contributed by atoms with E-state index in [1.54, 1.807) is 37.5 Å². The molecule has 8 heteroatoms. The Balaban J connectivity index is 0.000000234. The summed E-state index contributed by atoms with van der Waals surface area (Å²) < 4.78 is 53.4. The first-order valence-corrected chi connectivity index (χ1v) is 10.5. The van der Waals surface area contributed by atoms with Gasteiger partial charge in [-0.05, 0) is 42.1 Å². The van der Waals surface area contributed by atoms with Crippen molar-refractivity contribution in [1.82, 2.24) is 15.0 Å². The molecule has 0 spiro atoms. The van der Waals surface area contributed by atoms with Crippen LogP contribution in [0, 0.1) is 42.3 Å². The van der Waals surface area contributed by atoms with E-state index in [0.29, 0.717) is 16.8 Å². The maximum absolute atomic E-state index is 13.8. The molecule has 3 aromatic heterocycles. The standard InChI is InChI=1S/C17H9F4N2.C11H8N.Ir/c1-9-6-14(10-7-12(18)16(20)17(21)15(10)19)23-8-11(9)13-4-2-3-5-22-13;1-2-6-10(7-3-1)11-8-4-5-9-12-11;/h2-6,8H,1H3;1-6,8-9H;/q2*-1;. The summed E-state index contributed by atoms with van der Waals surface area (Å²) in [6.45, 7) is 1.73. The number of hydrogen-bond donors (Lipinski definition) is 0. The van der Waals surface area contributed by atoms with Crippen LogP contribution in [0.1, 0.15) is 5.56 Å². The van der Waals surface area contributed by atoms with Gasteiger partial charge in [0.05, 0.1) is 17.3 Å². The molecule has 2 aromatic carbocycles. The Morgan fingerprint density at radius 2 is 1.36 bits per heavy atom. The molecule has 3 heterocycles. The molecule has 1 radical (unpaired) electrons. The van der Waals surface area contributed by atoms with Gasteiger partial charge in [0.1, 0.15) is 11.6 Å². The maximum atomic E-state index is 13.8. The van der Waals surface area contributed by atoms with E-state index in [1.807, 2.05) is 48.5 Å². The van der Waals surface area contributed by atoms with Gasteiger partial charge in [0.25, 0.3) is 0 Å². The summed E-state index contributed by atoms with van der Waals surface area (Å²) in [6.07, 6.45) is 4.82. The number of pyridine rings is 3. The summed E-state index contributed by atoms with van der Waals surface area (Å²) in [5.41, 5.74) is 3.43. The van der Waals surface area contributed by atoms with Crippen molar-refractivity contribution in [3.63, 3.8) is 0 Å². The van der Waals surface area contributed by atoms with Gasteiger partial charge in [-0.2, -0.15) is 0 Å². The normalized spacial score (nSPS) is 10.1. The molecule has 0 unspecified atom stereocenters. The van der Waals surface area contributed by atoms with Gasteiger partial charge in [0.15, 0.2) is 0 Å². The molecule has 0 aliphatic rings. The Kier molecular flexibility index (Phi) is 9.17. The maximum Gasteiger partial charge on any atom is 0.114 e. The summed E-state index contributed by atoms with van der Waals surface area (Å²) >= 11 is 0. The second-order valence-electron chi connectivity index (χ2n) is 7.35. The zero-order valence-electron chi connectivity index (χ0n) is 18.8. The van der Waals surface area contributed by atoms with Gasteiger partial charge in [-0.15, -0.1) is 35.9 Å². The third kappa shape index (κ3) is 6.08. The minimum atomic E-state index is -1.90. The van der Waals surface area contributed by atoms with Crippen LogP contribution < -0.4 is 0 Å². The average molecular weight is 664 g/mol. The summed E-state index contributed by atoms with van der Waals surface area (Å²) in [5, 5.41) is 0. The van der Waals surface area contributed by atoms with E-state index < -0.39 is 28.8 Å². The first-order chi connectivity index (χ1) is 17.0. The van der Waals surface area contributed by atoms with Gasteiger partial charge in [0.2, 0.25) is 0 Å². The average Bonchev–Trinajstić information content (AvgIpc) is 2.91. The summed E-state index contributed by atoms with van der Waals surface area (Å²) in [7, 11) is 0. The van der Waals surface area contributed by atoms with Gasteiger partial charge in [0, 0.05) is 44.3 Å². The Bertz CT molecular complexity index is 1400. The zero-order valence-corrected chi connectivity index (χ0v) is 21.2. The van der Waals surface area contributed by atoms with Crippen LogP contribution in [0.3, 0.4) is 0 Å². The molecule has 0 aliphatic carbocycles. The molecule has 5 rings (SSSR count). The van der Waals surface area contributed by atoms with Crippen molar-refractivity contribution in [2.75, 3.05) is 0 Å². The molecule has 0 saturated heterocycles. The first-order valence-electron chi connectivity index (χ1n) is 10.5. The molecule has 0 saturated carbocycles. The van der Waals surface area contributed by atoms with E-state index >= 15 is 0 Å². The molecular formula is C28H17F4IrN3-2. The smallest absolute Gasteiger partial charge is 0.114 e. The quantitative estimate of drug-likeness (QED) is 0.0902. The number of halogens is 4. The third-order valence-electron chi connectivity index (χ3n) is 4.99. The van der Waals surface area contributed by atoms with Crippen molar-refractivity contribution in [2.24, 2.45) is 0 Å². The van der Waals surface area contributed by atoms with Crippen LogP contribution in [0.15, 0.2) is 85.3 Å². The van der Waals surface area contributed by atoms with Gasteiger partial charge in [-0.25, -0.2) is 8.78 Å². The zero-order chi connectivity index (χ0) is 24.8. The second kappa shape index (κ2) is 12.3. The van der Waals surface area contributed by atoms with Crippen LogP contribution >= 0.6 is 0 Å². The van der Waals surface area contributed by atoms with Crippen LogP contribution in [0.5, 0.6) is 0 Å². The number of benzene rings is 2. The Labute approximate surface area is 219 Å². The van der Waals surface area contributed by atoms with Gasteiger partial charge >= 0.3 is 0 Å². The van der Waals surface area contributed by atoms with Crippen molar-refractivity contribution >= 4 is 0 Å². The van der Waals surface area contributed by atoms with E-state index in [2.05, 4.69) is 21.0 Å². The van der Waals surface area contributed by atoms with Gasteiger partial charge in [-0.1, -0.05) is 35.9 Å². The minimum absolute atomic E-state index is 0. The van der Waals surface area contributed by atoms with E-state index in [-0.39, 0.29) is 25.8 Å². The number of aromatic nitrogens is 3. The fraction of sp³-hybridized carbons (Fsp3) is 0.0357. The van der Waals surface area contributed by atoms with E-state index in [0.717, 1.165) is 11.3 Å². The van der Waals surface area contributed by atoms with Crippen molar-refractivity contribution < 1.29 is 37.7 Å². The van der Waals surface area contributed by atoms with Crippen LogP contribution in [0.2, 0.25) is 0 Å². The molecule has 0 fully saturated rings. The fourth-order valence-corrected chi connectivity index (χ4v) is 3.26. The molecule has 0 aliphatic heterocycles. The molecular weight excluding hydrogens is 647 g/mol. The van der Waals surface area contributed by atoms with E-state index in [4.69, 9.17) is 0 Å². The predicted octanol–water partition coefficient (Wildman–Crippen LogP) is 7.02. The fourth-order valence-electron chi connectivity index (χ4n) is 3.26. The van der Waals surface area contributed by atoms with Gasteiger partial charge < -0.3 is 9.97 Å². The van der Waals surface area contributed by atoms with Crippen LogP contribution in [0.25, 0.3) is 33.8 Å². The van der Waals surface area contributed by atoms with Gasteiger partial charge in [-0.3, -0.25) is 13.8 Å². The second-order valence-corrected chi connectivity index (χ2v) is 7.35. The SMILES string of the molecule is Cc1cc(-c2[c-]c(F)c(F)c(F)c2F)ncc1-c1ccccn1.[Ir].[c-]1ccccc1-c1ccccn1. The monoisotopic (exact) mass is 664 g/mol. The molecule has 3 nitrogen and oxygen atoms in total. The van der Waals surface area contributed by atoms with E-state index in [9.17, 15) is 17.6 Å². The molecule has 0 N–H and O–H groups in total. The molecule has 5 aromatic rings. The van der Waals surface area contributed by atoms with Crippen LogP contribution in [0.4, 0.5) is 17.6 Å². The number of hydrogen-bond acceptors (Lipinski definition) is 3.